The number of hydrogen-bond donors (Lipinski definition) is 2. The minimum Gasteiger partial charge on any atom is -0.497 e. The Balaban J connectivity index is 1.89. The quantitative estimate of drug-likeness (QED) is 0.872. The molecule has 0 unspecified atom stereocenters. The van der Waals surface area contributed by atoms with Gasteiger partial charge in [-0.05, 0) is 42.5 Å². The number of anilines is 2. The summed E-state index contributed by atoms with van der Waals surface area (Å²) in [7, 11) is 1.59. The number of ether oxygens (including phenoxy) is 1. The molecular formula is C15H14Cl2N2O2. The molecule has 0 saturated heterocycles. The van der Waals surface area contributed by atoms with Crippen molar-refractivity contribution in [2.75, 3.05) is 24.3 Å². The van der Waals surface area contributed by atoms with E-state index < -0.39 is 0 Å². The van der Waals surface area contributed by atoms with Crippen LogP contribution in [-0.2, 0) is 4.79 Å². The molecule has 0 heterocycles. The Morgan fingerprint density at radius 3 is 2.24 bits per heavy atom. The molecule has 0 aliphatic heterocycles. The number of nitrogens with one attached hydrogen (secondary N) is 2. The van der Waals surface area contributed by atoms with Gasteiger partial charge in [-0.1, -0.05) is 23.2 Å². The fourth-order valence-corrected chi connectivity index (χ4v) is 2.24. The van der Waals surface area contributed by atoms with Crippen LogP contribution in [0.25, 0.3) is 0 Å². The molecule has 0 fully saturated rings. The van der Waals surface area contributed by atoms with Crippen molar-refractivity contribution in [2.24, 2.45) is 0 Å². The second-order valence-corrected chi connectivity index (χ2v) is 5.16. The third kappa shape index (κ3) is 4.85. The van der Waals surface area contributed by atoms with Crippen LogP contribution in [0.15, 0.2) is 42.5 Å². The summed E-state index contributed by atoms with van der Waals surface area (Å²) in [6, 6.07) is 12.1. The maximum Gasteiger partial charge on any atom is 0.243 e. The van der Waals surface area contributed by atoms with Crippen LogP contribution in [0.3, 0.4) is 0 Å². The van der Waals surface area contributed by atoms with Gasteiger partial charge < -0.3 is 15.4 Å². The molecule has 2 rings (SSSR count). The molecule has 0 spiro atoms. The molecule has 0 bridgehead atoms. The second-order valence-electron chi connectivity index (χ2n) is 4.29. The van der Waals surface area contributed by atoms with Gasteiger partial charge in [0.25, 0.3) is 0 Å². The van der Waals surface area contributed by atoms with Gasteiger partial charge in [0.15, 0.2) is 0 Å². The summed E-state index contributed by atoms with van der Waals surface area (Å²) in [5.74, 6) is 0.566. The van der Waals surface area contributed by atoms with Gasteiger partial charge in [0, 0.05) is 21.4 Å². The Labute approximate surface area is 133 Å². The van der Waals surface area contributed by atoms with E-state index >= 15 is 0 Å². The number of carbonyl (C=O) groups is 1. The molecule has 0 aliphatic carbocycles. The highest BCUT2D eigenvalue weighted by Gasteiger charge is 2.04. The van der Waals surface area contributed by atoms with Crippen molar-refractivity contribution in [2.45, 2.75) is 0 Å². The Kier molecular flexibility index (Phi) is 5.31. The number of rotatable bonds is 5. The average Bonchev–Trinajstić information content (AvgIpc) is 2.45. The summed E-state index contributed by atoms with van der Waals surface area (Å²) in [6.07, 6.45) is 0. The van der Waals surface area contributed by atoms with Crippen molar-refractivity contribution in [1.29, 1.82) is 0 Å². The van der Waals surface area contributed by atoms with Gasteiger partial charge in [-0.3, -0.25) is 4.79 Å². The van der Waals surface area contributed by atoms with Gasteiger partial charge in [0.05, 0.1) is 13.7 Å². The number of carbonyl (C=O) groups excluding carboxylic acids is 1. The molecule has 2 N–H and O–H groups in total. The molecular weight excluding hydrogens is 311 g/mol. The van der Waals surface area contributed by atoms with Crippen molar-refractivity contribution in [1.82, 2.24) is 0 Å². The summed E-state index contributed by atoms with van der Waals surface area (Å²) in [6.45, 7) is 0.114. The number of methoxy groups -OCH3 is 1. The maximum absolute atomic E-state index is 11.8. The first-order valence-electron chi connectivity index (χ1n) is 6.20. The highest BCUT2D eigenvalue weighted by atomic mass is 35.5. The Morgan fingerprint density at radius 2 is 1.67 bits per heavy atom. The van der Waals surface area contributed by atoms with Crippen molar-refractivity contribution in [3.63, 3.8) is 0 Å². The SMILES string of the molecule is COc1ccc(NC(=O)CNc2cc(Cl)cc(Cl)c2)cc1. The van der Waals surface area contributed by atoms with E-state index in [2.05, 4.69) is 10.6 Å². The normalized spacial score (nSPS) is 10.0. The van der Waals surface area contributed by atoms with Gasteiger partial charge in [0.1, 0.15) is 5.75 Å². The van der Waals surface area contributed by atoms with Crippen LogP contribution in [0.4, 0.5) is 11.4 Å². The zero-order valence-electron chi connectivity index (χ0n) is 11.3. The van der Waals surface area contributed by atoms with E-state index in [1.807, 2.05) is 0 Å². The number of hydrogen-bond acceptors (Lipinski definition) is 3. The molecule has 2 aromatic rings. The zero-order valence-corrected chi connectivity index (χ0v) is 12.8. The minimum absolute atomic E-state index is 0.114. The molecule has 21 heavy (non-hydrogen) atoms. The highest BCUT2D eigenvalue weighted by Crippen LogP contribution is 2.22. The first-order valence-corrected chi connectivity index (χ1v) is 6.96. The molecule has 6 heteroatoms. The molecule has 4 nitrogen and oxygen atoms in total. The summed E-state index contributed by atoms with van der Waals surface area (Å²) in [5.41, 5.74) is 1.39. The van der Waals surface area contributed by atoms with Crippen LogP contribution >= 0.6 is 23.2 Å². The third-order valence-corrected chi connectivity index (χ3v) is 3.13. The van der Waals surface area contributed by atoms with E-state index in [1.54, 1.807) is 49.6 Å². The molecule has 0 radical (unpaired) electrons. The summed E-state index contributed by atoms with van der Waals surface area (Å²) < 4.78 is 5.05. The van der Waals surface area contributed by atoms with Crippen molar-refractivity contribution in [3.05, 3.63) is 52.5 Å². The smallest absolute Gasteiger partial charge is 0.243 e. The van der Waals surface area contributed by atoms with E-state index in [4.69, 9.17) is 27.9 Å². The van der Waals surface area contributed by atoms with Gasteiger partial charge in [-0.15, -0.1) is 0 Å². The first-order chi connectivity index (χ1) is 10.1. The Bertz CT molecular complexity index is 610. The topological polar surface area (TPSA) is 50.4 Å². The lowest BCUT2D eigenvalue weighted by Gasteiger charge is -2.09. The van der Waals surface area contributed by atoms with Gasteiger partial charge in [0.2, 0.25) is 5.91 Å². The zero-order chi connectivity index (χ0) is 15.2. The maximum atomic E-state index is 11.8. The molecule has 0 saturated carbocycles. The fraction of sp³-hybridized carbons (Fsp3) is 0.133. The van der Waals surface area contributed by atoms with Crippen LogP contribution in [0.5, 0.6) is 5.75 Å². The van der Waals surface area contributed by atoms with Crippen LogP contribution in [0.2, 0.25) is 10.0 Å². The lowest BCUT2D eigenvalue weighted by atomic mass is 10.3. The second kappa shape index (κ2) is 7.20. The molecule has 0 aliphatic rings. The average molecular weight is 325 g/mol. The van der Waals surface area contributed by atoms with Crippen molar-refractivity contribution >= 4 is 40.5 Å². The summed E-state index contributed by atoms with van der Waals surface area (Å²) >= 11 is 11.8. The molecule has 0 atom stereocenters. The fourth-order valence-electron chi connectivity index (χ4n) is 1.72. The van der Waals surface area contributed by atoms with E-state index in [0.29, 0.717) is 21.4 Å². The molecule has 0 aromatic heterocycles. The Morgan fingerprint density at radius 1 is 1.05 bits per heavy atom. The van der Waals surface area contributed by atoms with Crippen molar-refractivity contribution < 1.29 is 9.53 Å². The third-order valence-electron chi connectivity index (χ3n) is 2.69. The first kappa shape index (κ1) is 15.5. The van der Waals surface area contributed by atoms with Gasteiger partial charge in [-0.2, -0.15) is 0 Å². The summed E-state index contributed by atoms with van der Waals surface area (Å²) in [4.78, 5) is 11.8. The van der Waals surface area contributed by atoms with E-state index in [-0.39, 0.29) is 12.5 Å². The monoisotopic (exact) mass is 324 g/mol. The standard InChI is InChI=1S/C15H14Cl2N2O2/c1-21-14-4-2-12(3-5-14)19-15(20)9-18-13-7-10(16)6-11(17)8-13/h2-8,18H,9H2,1H3,(H,19,20). The minimum atomic E-state index is -0.170. The lowest BCUT2D eigenvalue weighted by Crippen LogP contribution is -2.21. The summed E-state index contributed by atoms with van der Waals surface area (Å²) in [5, 5.41) is 6.76. The number of halogens is 2. The van der Waals surface area contributed by atoms with Gasteiger partial charge in [-0.25, -0.2) is 0 Å². The van der Waals surface area contributed by atoms with Gasteiger partial charge >= 0.3 is 0 Å². The Hall–Kier alpha value is -1.91. The van der Waals surface area contributed by atoms with Crippen LogP contribution in [0, 0.1) is 0 Å². The predicted octanol–water partition coefficient (Wildman–Crippen LogP) is 4.05. The van der Waals surface area contributed by atoms with E-state index in [1.165, 1.54) is 0 Å². The molecule has 1 amide bonds. The van der Waals surface area contributed by atoms with Crippen LogP contribution < -0.4 is 15.4 Å². The van der Waals surface area contributed by atoms with Crippen LogP contribution in [-0.4, -0.2) is 19.6 Å². The highest BCUT2D eigenvalue weighted by molar-refractivity contribution is 6.35. The van der Waals surface area contributed by atoms with Crippen LogP contribution in [0.1, 0.15) is 0 Å². The molecule has 2 aromatic carbocycles. The van der Waals surface area contributed by atoms with E-state index in [9.17, 15) is 4.79 Å². The van der Waals surface area contributed by atoms with Crippen molar-refractivity contribution in [3.8, 4) is 5.75 Å². The largest absolute Gasteiger partial charge is 0.497 e. The predicted molar refractivity (Wildman–Crippen MR) is 86.6 cm³/mol. The number of amides is 1. The molecule has 110 valence electrons. The van der Waals surface area contributed by atoms with E-state index in [0.717, 1.165) is 5.75 Å². The number of benzene rings is 2. The lowest BCUT2D eigenvalue weighted by molar-refractivity contribution is -0.114.